The molecule has 0 bridgehead atoms. The van der Waals surface area contributed by atoms with E-state index < -0.39 is 11.9 Å². The van der Waals surface area contributed by atoms with Crippen molar-refractivity contribution >= 4 is 70.5 Å². The van der Waals surface area contributed by atoms with E-state index in [4.69, 9.17) is 25.3 Å². The normalized spacial score (nSPS) is 11.6. The minimum atomic E-state index is -0.822. The number of aliphatic carboxylic acids is 2. The summed E-state index contributed by atoms with van der Waals surface area (Å²) >= 11 is 10.4. The molecule has 0 unspecified atom stereocenters. The Morgan fingerprint density at radius 2 is 0.710 bits per heavy atom. The number of hydrogen-bond donors (Lipinski definition) is 2. The molecule has 2 N–H and O–H groups in total. The van der Waals surface area contributed by atoms with Crippen molar-refractivity contribution in [1.29, 1.82) is 0 Å². The zero-order chi connectivity index (χ0) is 50.7. The summed E-state index contributed by atoms with van der Waals surface area (Å²) in [4.78, 5) is 24.4. The number of carbonyl (C=O) groups is 2. The van der Waals surface area contributed by atoms with E-state index in [1.807, 2.05) is 48.5 Å². The van der Waals surface area contributed by atoms with Gasteiger partial charge in [-0.15, -0.1) is 0 Å². The average molecular weight is 1090 g/mol. The molecule has 0 spiro atoms. The van der Waals surface area contributed by atoms with E-state index in [9.17, 15) is 19.8 Å². The first-order valence-electron chi connectivity index (χ1n) is 28.1. The quantitative estimate of drug-likeness (QED) is 0.0227. The molecule has 69 heavy (non-hydrogen) atoms. The Kier molecular flexibility index (Phi) is 50.1. The van der Waals surface area contributed by atoms with Crippen LogP contribution in [0.4, 0.5) is 0 Å². The summed E-state index contributed by atoms with van der Waals surface area (Å²) in [7, 11) is 0. The standard InChI is InChI=1S/2C27H42O2S.2C4H9.Sn/c2*1-2-3-4-5-6-7-8-9-10-11-12-13-14-15-16-17-20-25(27(28)29)22-24-19-18-21-26(30)23-24;2*1-3-4-2;/h2*9-10,18-19,21-23,30H,2-8,11-17,20H2,1H3,(H,28,29);2*1,3-4H2,2H3;/q;;;;+2/p-2. The predicted molar refractivity (Wildman–Crippen MR) is 309 cm³/mol. The molecular weight excluding hydrogens is 992 g/mol. The fourth-order valence-corrected chi connectivity index (χ4v) is 12.5. The van der Waals surface area contributed by atoms with Gasteiger partial charge in [0, 0.05) is 11.1 Å². The topological polar surface area (TPSA) is 74.6 Å². The Morgan fingerprint density at radius 1 is 0.420 bits per heavy atom. The first-order valence-corrected chi connectivity index (χ1v) is 33.0. The van der Waals surface area contributed by atoms with Crippen LogP contribution in [0.3, 0.4) is 0 Å². The van der Waals surface area contributed by atoms with E-state index in [1.165, 1.54) is 180 Å². The average Bonchev–Trinajstić information content (AvgIpc) is 3.33. The van der Waals surface area contributed by atoms with Crippen LogP contribution in [0.2, 0.25) is 8.87 Å². The van der Waals surface area contributed by atoms with Gasteiger partial charge >= 0.3 is 81.5 Å². The number of allylic oxidation sites excluding steroid dienone is 4. The van der Waals surface area contributed by atoms with E-state index in [0.717, 1.165) is 46.6 Å². The zero-order valence-corrected chi connectivity index (χ0v) is 49.1. The number of hydrogen-bond acceptors (Lipinski definition) is 4. The summed E-state index contributed by atoms with van der Waals surface area (Å²) in [5.41, 5.74) is 2.71. The molecule has 0 fully saturated rings. The molecule has 2 aromatic rings. The molecule has 0 saturated carbocycles. The van der Waals surface area contributed by atoms with Gasteiger partial charge in [0.2, 0.25) is 0 Å². The molecule has 0 heterocycles. The number of unbranched alkanes of at least 4 members (excludes halogenated alkanes) is 26. The van der Waals surface area contributed by atoms with Crippen LogP contribution < -0.4 is 0 Å². The molecule has 0 aliphatic carbocycles. The molecule has 7 heteroatoms. The predicted octanol–water partition coefficient (Wildman–Crippen LogP) is 20.1. The Labute approximate surface area is 447 Å². The number of benzene rings is 2. The Morgan fingerprint density at radius 3 is 1.00 bits per heavy atom. The summed E-state index contributed by atoms with van der Waals surface area (Å²) in [6.07, 6.45) is 55.4. The van der Waals surface area contributed by atoms with Crippen molar-refractivity contribution in [3.8, 4) is 0 Å². The zero-order valence-electron chi connectivity index (χ0n) is 44.6. The van der Waals surface area contributed by atoms with Crippen molar-refractivity contribution in [3.05, 3.63) is 95.1 Å². The molecule has 0 aliphatic heterocycles. The van der Waals surface area contributed by atoms with Crippen LogP contribution >= 0.6 is 0 Å². The van der Waals surface area contributed by atoms with Crippen LogP contribution in [-0.2, 0) is 34.8 Å². The van der Waals surface area contributed by atoms with Gasteiger partial charge in [0.25, 0.3) is 0 Å². The Bertz CT molecular complexity index is 1500. The molecule has 2 rings (SSSR count). The first kappa shape index (κ1) is 66.6. The summed E-state index contributed by atoms with van der Waals surface area (Å²) in [5, 5.41) is 18.9. The van der Waals surface area contributed by atoms with Gasteiger partial charge in [-0.3, -0.25) is 0 Å². The van der Waals surface area contributed by atoms with Gasteiger partial charge in [-0.1, -0.05) is 202 Å². The summed E-state index contributed by atoms with van der Waals surface area (Å²) in [6.45, 7) is 9.11. The van der Waals surface area contributed by atoms with E-state index in [1.54, 1.807) is 21.0 Å². The molecule has 0 aromatic heterocycles. The minimum absolute atomic E-state index is 0.149. The summed E-state index contributed by atoms with van der Waals surface area (Å²) in [6, 6.07) is 14.9. The second-order valence-electron chi connectivity index (χ2n) is 18.9. The first-order chi connectivity index (χ1) is 33.7. The van der Waals surface area contributed by atoms with Crippen molar-refractivity contribution in [2.75, 3.05) is 0 Å². The van der Waals surface area contributed by atoms with E-state index in [0.29, 0.717) is 24.0 Å². The molecule has 0 saturated heterocycles. The summed E-state index contributed by atoms with van der Waals surface area (Å²) in [5.74, 6) is -1.64. The molecule has 0 atom stereocenters. The van der Waals surface area contributed by atoms with Gasteiger partial charge in [-0.25, -0.2) is 9.59 Å². The van der Waals surface area contributed by atoms with Gasteiger partial charge in [0.05, 0.1) is 0 Å². The maximum atomic E-state index is 11.5. The van der Waals surface area contributed by atoms with Crippen molar-refractivity contribution in [3.63, 3.8) is 0 Å². The fraction of sp³-hybridized carbons (Fsp3) is 0.645. The van der Waals surface area contributed by atoms with Gasteiger partial charge in [-0.05, 0) is 100 Å². The Balaban J connectivity index is 0.00000114. The number of rotatable bonds is 42. The molecule has 4 nitrogen and oxygen atoms in total. The van der Waals surface area contributed by atoms with Gasteiger partial charge in [-0.2, -0.15) is 9.79 Å². The number of carboxylic acids is 2. The molecule has 0 aliphatic rings. The van der Waals surface area contributed by atoms with Gasteiger partial charge in [0.1, 0.15) is 0 Å². The fourth-order valence-electron chi connectivity index (χ4n) is 7.95. The molecule has 0 amide bonds. The van der Waals surface area contributed by atoms with Gasteiger partial charge < -0.3 is 35.5 Å². The molecular formula is C62H100O4S2Sn. The molecule has 2 aromatic carbocycles. The van der Waals surface area contributed by atoms with Crippen LogP contribution in [0.5, 0.6) is 0 Å². The van der Waals surface area contributed by atoms with Crippen LogP contribution in [0.25, 0.3) is 12.2 Å². The number of carboxylic acid groups (broad SMARTS) is 2. The van der Waals surface area contributed by atoms with E-state index >= 15 is 0 Å². The van der Waals surface area contributed by atoms with Crippen LogP contribution in [0.15, 0.2) is 93.8 Å². The van der Waals surface area contributed by atoms with Crippen LogP contribution in [0.1, 0.15) is 257 Å². The Hall–Kier alpha value is -2.42. The molecule has 0 radical (unpaired) electrons. The van der Waals surface area contributed by atoms with Crippen molar-refractivity contribution in [2.24, 2.45) is 0 Å². The maximum absolute atomic E-state index is 11.5. The van der Waals surface area contributed by atoms with Crippen molar-refractivity contribution < 1.29 is 19.8 Å². The molecule has 388 valence electrons. The van der Waals surface area contributed by atoms with E-state index in [-0.39, 0.29) is 21.1 Å². The third-order valence-corrected chi connectivity index (χ3v) is 16.8. The van der Waals surface area contributed by atoms with Crippen LogP contribution in [-0.4, -0.2) is 43.3 Å². The monoisotopic (exact) mass is 1090 g/mol. The van der Waals surface area contributed by atoms with Crippen LogP contribution in [0, 0.1) is 0 Å². The SMILES string of the molecule is CCCCCCCCC=CCCCCCCCCC(=Cc1cccc([S-])c1)C(=O)O.CCCCCCCCC=CCCCCCCCCC(=Cc1cccc([S-])c1)C(=O)O.CCC[CH2][Sn+2][CH2]CCC. The second kappa shape index (κ2) is 51.9. The summed E-state index contributed by atoms with van der Waals surface area (Å²) < 4.78 is 3.25. The third-order valence-electron chi connectivity index (χ3n) is 12.3. The van der Waals surface area contributed by atoms with Crippen molar-refractivity contribution in [1.82, 2.24) is 0 Å². The third kappa shape index (κ3) is 46.4. The second-order valence-corrected chi connectivity index (χ2v) is 24.2. The van der Waals surface area contributed by atoms with E-state index in [2.05, 4.69) is 52.0 Å². The van der Waals surface area contributed by atoms with Crippen molar-refractivity contribution in [2.45, 2.75) is 265 Å². The van der Waals surface area contributed by atoms with Gasteiger partial charge in [0.15, 0.2) is 0 Å².